The number of amides is 2. The third kappa shape index (κ3) is 2.74. The summed E-state index contributed by atoms with van der Waals surface area (Å²) in [5.74, 6) is -0.0305. The van der Waals surface area contributed by atoms with Crippen molar-refractivity contribution in [1.82, 2.24) is 9.80 Å². The van der Waals surface area contributed by atoms with Crippen molar-refractivity contribution < 1.29 is 9.59 Å². The van der Waals surface area contributed by atoms with Crippen molar-refractivity contribution in [3.63, 3.8) is 0 Å². The summed E-state index contributed by atoms with van der Waals surface area (Å²) in [4.78, 5) is 27.2. The number of rotatable bonds is 2. The second-order valence-corrected chi connectivity index (χ2v) is 4.96. The lowest BCUT2D eigenvalue weighted by molar-refractivity contribution is -0.145. The van der Waals surface area contributed by atoms with Gasteiger partial charge in [0.2, 0.25) is 11.8 Å². The minimum absolute atomic E-state index is 0.0971. The molecule has 2 atom stereocenters. The van der Waals surface area contributed by atoms with Gasteiger partial charge in [-0.2, -0.15) is 0 Å². The molecule has 1 rings (SSSR count). The summed E-state index contributed by atoms with van der Waals surface area (Å²) >= 11 is 0. The molecule has 1 aliphatic rings. The Morgan fingerprint density at radius 1 is 0.812 bits per heavy atom. The molecule has 16 heavy (non-hydrogen) atoms. The zero-order chi connectivity index (χ0) is 12.3. The fourth-order valence-electron chi connectivity index (χ4n) is 2.39. The number of hydrogen-bond donors (Lipinski definition) is 0. The normalized spacial score (nSPS) is 25.0. The van der Waals surface area contributed by atoms with Gasteiger partial charge < -0.3 is 9.80 Å². The van der Waals surface area contributed by atoms with Crippen molar-refractivity contribution in [2.24, 2.45) is 11.8 Å². The third-order valence-corrected chi connectivity index (χ3v) is 3.28. The van der Waals surface area contributed by atoms with Crippen LogP contribution in [-0.4, -0.2) is 49.8 Å². The first-order valence-corrected chi connectivity index (χ1v) is 5.87. The van der Waals surface area contributed by atoms with Crippen LogP contribution in [0.3, 0.4) is 0 Å². The summed E-state index contributed by atoms with van der Waals surface area (Å²) in [6, 6.07) is 0. The van der Waals surface area contributed by atoms with Gasteiger partial charge in [0.25, 0.3) is 0 Å². The molecule has 1 aliphatic carbocycles. The van der Waals surface area contributed by atoms with E-state index in [-0.39, 0.29) is 23.7 Å². The van der Waals surface area contributed by atoms with Crippen LogP contribution in [0.25, 0.3) is 0 Å². The predicted octanol–water partition coefficient (Wildman–Crippen LogP) is 0.969. The van der Waals surface area contributed by atoms with Crippen molar-refractivity contribution >= 4 is 11.8 Å². The van der Waals surface area contributed by atoms with Crippen LogP contribution < -0.4 is 0 Å². The molecule has 0 radical (unpaired) electrons. The van der Waals surface area contributed by atoms with Gasteiger partial charge in [-0.15, -0.1) is 0 Å². The van der Waals surface area contributed by atoms with E-state index in [4.69, 9.17) is 0 Å². The van der Waals surface area contributed by atoms with Gasteiger partial charge in [-0.25, -0.2) is 0 Å². The zero-order valence-electron chi connectivity index (χ0n) is 10.7. The SMILES string of the molecule is CN(C)C(=O)[C@H]1CCCC[C@@H]1C(=O)N(C)C. The molecular formula is C12H22N2O2. The topological polar surface area (TPSA) is 40.6 Å². The molecule has 0 heterocycles. The molecule has 0 N–H and O–H groups in total. The smallest absolute Gasteiger partial charge is 0.225 e. The Morgan fingerprint density at radius 3 is 1.38 bits per heavy atom. The van der Waals surface area contributed by atoms with E-state index in [1.807, 2.05) is 0 Å². The molecule has 1 saturated carbocycles. The lowest BCUT2D eigenvalue weighted by Crippen LogP contribution is -2.42. The summed E-state index contributed by atoms with van der Waals surface area (Å²) in [5, 5.41) is 0. The van der Waals surface area contributed by atoms with Gasteiger partial charge in [0.15, 0.2) is 0 Å². The van der Waals surface area contributed by atoms with Crippen LogP contribution in [0.15, 0.2) is 0 Å². The molecule has 1 fully saturated rings. The fourth-order valence-corrected chi connectivity index (χ4v) is 2.39. The highest BCUT2D eigenvalue weighted by Gasteiger charge is 2.36. The summed E-state index contributed by atoms with van der Waals surface area (Å²) in [7, 11) is 7.03. The highest BCUT2D eigenvalue weighted by Crippen LogP contribution is 2.32. The molecule has 0 aliphatic heterocycles. The molecule has 0 bridgehead atoms. The van der Waals surface area contributed by atoms with Crippen LogP contribution in [0.1, 0.15) is 25.7 Å². The van der Waals surface area contributed by atoms with Gasteiger partial charge in [-0.05, 0) is 12.8 Å². The van der Waals surface area contributed by atoms with Crippen LogP contribution in [0.4, 0.5) is 0 Å². The van der Waals surface area contributed by atoms with Crippen LogP contribution >= 0.6 is 0 Å². The number of carbonyl (C=O) groups excluding carboxylic acids is 2. The maximum Gasteiger partial charge on any atom is 0.225 e. The average molecular weight is 226 g/mol. The summed E-state index contributed by atoms with van der Waals surface area (Å²) in [6.45, 7) is 0. The van der Waals surface area contributed by atoms with Gasteiger partial charge >= 0.3 is 0 Å². The maximum atomic E-state index is 12.0. The van der Waals surface area contributed by atoms with Crippen molar-refractivity contribution in [2.45, 2.75) is 25.7 Å². The van der Waals surface area contributed by atoms with Gasteiger partial charge in [-0.3, -0.25) is 9.59 Å². The largest absolute Gasteiger partial charge is 0.349 e. The predicted molar refractivity (Wildman–Crippen MR) is 62.8 cm³/mol. The fraction of sp³-hybridized carbons (Fsp3) is 0.833. The first-order valence-electron chi connectivity index (χ1n) is 5.87. The molecule has 0 saturated heterocycles. The van der Waals surface area contributed by atoms with Crippen molar-refractivity contribution in [1.29, 1.82) is 0 Å². The molecule has 0 aromatic rings. The van der Waals surface area contributed by atoms with E-state index in [0.717, 1.165) is 25.7 Å². The summed E-state index contributed by atoms with van der Waals surface area (Å²) < 4.78 is 0. The molecule has 4 nitrogen and oxygen atoms in total. The van der Waals surface area contributed by atoms with Gasteiger partial charge in [0, 0.05) is 40.0 Å². The van der Waals surface area contributed by atoms with E-state index in [1.165, 1.54) is 0 Å². The molecule has 0 aromatic heterocycles. The van der Waals surface area contributed by atoms with Gasteiger partial charge in [-0.1, -0.05) is 12.8 Å². The van der Waals surface area contributed by atoms with Gasteiger partial charge in [0.05, 0.1) is 0 Å². The highest BCUT2D eigenvalue weighted by molar-refractivity contribution is 5.87. The Kier molecular flexibility index (Phi) is 4.33. The van der Waals surface area contributed by atoms with Gasteiger partial charge in [0.1, 0.15) is 0 Å². The van der Waals surface area contributed by atoms with E-state index in [9.17, 15) is 9.59 Å². The first-order chi connectivity index (χ1) is 7.45. The third-order valence-electron chi connectivity index (χ3n) is 3.28. The molecule has 92 valence electrons. The quantitative estimate of drug-likeness (QED) is 0.704. The van der Waals surface area contributed by atoms with Crippen LogP contribution in [0, 0.1) is 11.8 Å². The Bertz CT molecular complexity index is 246. The molecule has 0 spiro atoms. The Balaban J connectivity index is 2.79. The molecule has 0 aromatic carbocycles. The summed E-state index contributed by atoms with van der Waals surface area (Å²) in [6.07, 6.45) is 3.81. The van der Waals surface area contributed by atoms with E-state index in [0.29, 0.717) is 0 Å². The van der Waals surface area contributed by atoms with Crippen molar-refractivity contribution in [2.75, 3.05) is 28.2 Å². The molecule has 0 unspecified atom stereocenters. The highest BCUT2D eigenvalue weighted by atomic mass is 16.2. The average Bonchev–Trinajstić information content (AvgIpc) is 2.26. The van der Waals surface area contributed by atoms with E-state index >= 15 is 0 Å². The van der Waals surface area contributed by atoms with Crippen LogP contribution in [0.5, 0.6) is 0 Å². The van der Waals surface area contributed by atoms with E-state index in [2.05, 4.69) is 0 Å². The number of carbonyl (C=O) groups is 2. The van der Waals surface area contributed by atoms with E-state index < -0.39 is 0 Å². The monoisotopic (exact) mass is 226 g/mol. The Morgan fingerprint density at radius 2 is 1.12 bits per heavy atom. The lowest BCUT2D eigenvalue weighted by atomic mass is 9.77. The second kappa shape index (κ2) is 5.32. The Labute approximate surface area is 97.6 Å². The lowest BCUT2D eigenvalue weighted by Gasteiger charge is -2.32. The first kappa shape index (κ1) is 13.0. The second-order valence-electron chi connectivity index (χ2n) is 4.96. The van der Waals surface area contributed by atoms with E-state index in [1.54, 1.807) is 38.0 Å². The standard InChI is InChI=1S/C12H22N2O2/c1-13(2)11(15)9-7-5-6-8-10(9)12(16)14(3)4/h9-10H,5-8H2,1-4H3/t9-,10-/m0/s1. The van der Waals surface area contributed by atoms with Crippen molar-refractivity contribution in [3.8, 4) is 0 Å². The van der Waals surface area contributed by atoms with Crippen molar-refractivity contribution in [3.05, 3.63) is 0 Å². The minimum atomic E-state index is -0.112. The number of nitrogens with zero attached hydrogens (tertiary/aromatic N) is 2. The Hall–Kier alpha value is -1.06. The summed E-state index contributed by atoms with van der Waals surface area (Å²) in [5.41, 5.74) is 0. The molecule has 2 amide bonds. The minimum Gasteiger partial charge on any atom is -0.349 e. The zero-order valence-corrected chi connectivity index (χ0v) is 10.7. The van der Waals surface area contributed by atoms with Crippen LogP contribution in [0.2, 0.25) is 0 Å². The molecular weight excluding hydrogens is 204 g/mol. The maximum absolute atomic E-state index is 12.0. The molecule has 4 heteroatoms. The van der Waals surface area contributed by atoms with Crippen LogP contribution in [-0.2, 0) is 9.59 Å². The number of hydrogen-bond acceptors (Lipinski definition) is 2.